The average Bonchev–Trinajstić information content (AvgIpc) is 2.42. The monoisotopic (exact) mass is 250 g/mol. The van der Waals surface area contributed by atoms with E-state index in [0.29, 0.717) is 6.04 Å². The molecule has 0 saturated carbocycles. The zero-order valence-electron chi connectivity index (χ0n) is 12.1. The summed E-state index contributed by atoms with van der Waals surface area (Å²) in [4.78, 5) is 2.29. The fraction of sp³-hybridized carbons (Fsp3) is 0.600. The lowest BCUT2D eigenvalue weighted by Gasteiger charge is -2.24. The Hall–Kier alpha value is -0.900. The van der Waals surface area contributed by atoms with Crippen molar-refractivity contribution in [1.82, 2.24) is 10.2 Å². The second-order valence-corrected chi connectivity index (χ2v) is 4.69. The minimum absolute atomic E-state index is 0.373. The van der Waals surface area contributed by atoms with Gasteiger partial charge in [0.1, 0.15) is 0 Å². The Labute approximate surface area is 111 Å². The van der Waals surface area contributed by atoms with Crippen LogP contribution in [0.25, 0.3) is 0 Å². The summed E-state index contributed by atoms with van der Waals surface area (Å²) in [5, 5.41) is 3.38. The zero-order chi connectivity index (χ0) is 13.4. The normalized spacial score (nSPS) is 12.9. The lowest BCUT2D eigenvalue weighted by atomic mass is 10.0. The predicted molar refractivity (Wildman–Crippen MR) is 77.0 cm³/mol. The SMILES string of the molecule is CCc1ccc(C(CN(C)CCOC)NC)cc1. The third-order valence-electron chi connectivity index (χ3n) is 3.31. The van der Waals surface area contributed by atoms with E-state index in [1.807, 2.05) is 7.05 Å². The van der Waals surface area contributed by atoms with Crippen LogP contribution in [0.5, 0.6) is 0 Å². The summed E-state index contributed by atoms with van der Waals surface area (Å²) in [6, 6.07) is 9.26. The average molecular weight is 250 g/mol. The molecule has 0 aliphatic carbocycles. The van der Waals surface area contributed by atoms with Gasteiger partial charge in [-0.2, -0.15) is 0 Å². The summed E-state index contributed by atoms with van der Waals surface area (Å²) >= 11 is 0. The molecular formula is C15H26N2O. The van der Waals surface area contributed by atoms with Crippen LogP contribution in [0, 0.1) is 0 Å². The highest BCUT2D eigenvalue weighted by molar-refractivity contribution is 5.25. The van der Waals surface area contributed by atoms with Gasteiger partial charge in [-0.1, -0.05) is 31.2 Å². The molecule has 102 valence electrons. The van der Waals surface area contributed by atoms with Crippen LogP contribution in [0.2, 0.25) is 0 Å². The third-order valence-corrected chi connectivity index (χ3v) is 3.31. The molecule has 0 heterocycles. The minimum atomic E-state index is 0.373. The summed E-state index contributed by atoms with van der Waals surface area (Å²) in [5.41, 5.74) is 2.74. The smallest absolute Gasteiger partial charge is 0.0589 e. The van der Waals surface area contributed by atoms with Crippen molar-refractivity contribution in [3.8, 4) is 0 Å². The van der Waals surface area contributed by atoms with E-state index in [1.165, 1.54) is 11.1 Å². The third kappa shape index (κ3) is 4.77. The predicted octanol–water partition coefficient (Wildman–Crippen LogP) is 2.09. The van der Waals surface area contributed by atoms with Crippen LogP contribution in [0.15, 0.2) is 24.3 Å². The molecule has 0 fully saturated rings. The lowest BCUT2D eigenvalue weighted by molar-refractivity contribution is 0.156. The molecule has 1 atom stereocenters. The largest absolute Gasteiger partial charge is 0.383 e. The van der Waals surface area contributed by atoms with Crippen molar-refractivity contribution in [3.63, 3.8) is 0 Å². The van der Waals surface area contributed by atoms with Gasteiger partial charge < -0.3 is 15.0 Å². The van der Waals surface area contributed by atoms with Gasteiger partial charge in [-0.05, 0) is 31.6 Å². The second kappa shape index (κ2) is 8.25. The number of likely N-dealkylation sites (N-methyl/N-ethyl adjacent to an activating group) is 2. The van der Waals surface area contributed by atoms with Gasteiger partial charge in [-0.15, -0.1) is 0 Å². The zero-order valence-corrected chi connectivity index (χ0v) is 12.1. The number of hydrogen-bond acceptors (Lipinski definition) is 3. The van der Waals surface area contributed by atoms with Gasteiger partial charge in [-0.25, -0.2) is 0 Å². The summed E-state index contributed by atoms with van der Waals surface area (Å²) in [5.74, 6) is 0. The number of hydrogen-bond donors (Lipinski definition) is 1. The number of nitrogens with zero attached hydrogens (tertiary/aromatic N) is 1. The molecule has 0 amide bonds. The van der Waals surface area contributed by atoms with E-state index in [0.717, 1.165) is 26.1 Å². The van der Waals surface area contributed by atoms with Gasteiger partial charge in [0.2, 0.25) is 0 Å². The number of aryl methyl sites for hydroxylation is 1. The maximum Gasteiger partial charge on any atom is 0.0589 e. The summed E-state index contributed by atoms with van der Waals surface area (Å²) in [6.07, 6.45) is 1.10. The Morgan fingerprint density at radius 3 is 2.44 bits per heavy atom. The van der Waals surface area contributed by atoms with E-state index < -0.39 is 0 Å². The first-order valence-corrected chi connectivity index (χ1v) is 6.64. The van der Waals surface area contributed by atoms with Crippen molar-refractivity contribution in [2.24, 2.45) is 0 Å². The Balaban J connectivity index is 2.58. The molecule has 0 aliphatic heterocycles. The van der Waals surface area contributed by atoms with E-state index in [1.54, 1.807) is 7.11 Å². The molecule has 1 N–H and O–H groups in total. The van der Waals surface area contributed by atoms with E-state index in [4.69, 9.17) is 4.74 Å². The quantitative estimate of drug-likeness (QED) is 0.764. The van der Waals surface area contributed by atoms with Crippen LogP contribution in [-0.2, 0) is 11.2 Å². The standard InChI is InChI=1S/C15H26N2O/c1-5-13-6-8-14(9-7-13)15(16-2)12-17(3)10-11-18-4/h6-9,15-16H,5,10-12H2,1-4H3. The molecule has 3 nitrogen and oxygen atoms in total. The molecule has 1 aromatic carbocycles. The molecule has 0 aliphatic rings. The first kappa shape index (κ1) is 15.2. The Morgan fingerprint density at radius 1 is 1.28 bits per heavy atom. The maximum absolute atomic E-state index is 5.10. The molecule has 1 rings (SSSR count). The first-order chi connectivity index (χ1) is 8.71. The van der Waals surface area contributed by atoms with Crippen molar-refractivity contribution < 1.29 is 4.74 Å². The summed E-state index contributed by atoms with van der Waals surface area (Å²) < 4.78 is 5.10. The fourth-order valence-electron chi connectivity index (χ4n) is 2.00. The van der Waals surface area contributed by atoms with Crippen molar-refractivity contribution in [1.29, 1.82) is 0 Å². The molecule has 0 spiro atoms. The van der Waals surface area contributed by atoms with Crippen molar-refractivity contribution in [2.75, 3.05) is 40.9 Å². The lowest BCUT2D eigenvalue weighted by Crippen LogP contribution is -2.33. The minimum Gasteiger partial charge on any atom is -0.383 e. The highest BCUT2D eigenvalue weighted by Gasteiger charge is 2.11. The molecule has 0 bridgehead atoms. The highest BCUT2D eigenvalue weighted by atomic mass is 16.5. The van der Waals surface area contributed by atoms with Crippen LogP contribution >= 0.6 is 0 Å². The first-order valence-electron chi connectivity index (χ1n) is 6.64. The van der Waals surface area contributed by atoms with Gasteiger partial charge in [0.15, 0.2) is 0 Å². The molecule has 1 aromatic rings. The second-order valence-electron chi connectivity index (χ2n) is 4.69. The fourth-order valence-corrected chi connectivity index (χ4v) is 2.00. The molecule has 0 aromatic heterocycles. The van der Waals surface area contributed by atoms with Crippen molar-refractivity contribution >= 4 is 0 Å². The summed E-state index contributed by atoms with van der Waals surface area (Å²) in [6.45, 7) is 4.91. The van der Waals surface area contributed by atoms with E-state index in [2.05, 4.69) is 48.5 Å². The van der Waals surface area contributed by atoms with Crippen molar-refractivity contribution in [3.05, 3.63) is 35.4 Å². The van der Waals surface area contributed by atoms with Gasteiger partial charge >= 0.3 is 0 Å². The van der Waals surface area contributed by atoms with Gasteiger partial charge in [0, 0.05) is 26.2 Å². The topological polar surface area (TPSA) is 24.5 Å². The highest BCUT2D eigenvalue weighted by Crippen LogP contribution is 2.15. The molecular weight excluding hydrogens is 224 g/mol. The maximum atomic E-state index is 5.10. The van der Waals surface area contributed by atoms with E-state index in [9.17, 15) is 0 Å². The van der Waals surface area contributed by atoms with Crippen molar-refractivity contribution in [2.45, 2.75) is 19.4 Å². The number of ether oxygens (including phenoxy) is 1. The number of benzene rings is 1. The number of nitrogens with one attached hydrogen (secondary N) is 1. The number of methoxy groups -OCH3 is 1. The summed E-state index contributed by atoms with van der Waals surface area (Å²) in [7, 11) is 5.89. The van der Waals surface area contributed by atoms with Crippen LogP contribution in [0.4, 0.5) is 0 Å². The molecule has 18 heavy (non-hydrogen) atoms. The van der Waals surface area contributed by atoms with Crippen LogP contribution in [0.1, 0.15) is 24.1 Å². The van der Waals surface area contributed by atoms with E-state index >= 15 is 0 Å². The number of rotatable bonds is 8. The molecule has 1 unspecified atom stereocenters. The molecule has 3 heteroatoms. The van der Waals surface area contributed by atoms with Crippen LogP contribution in [-0.4, -0.2) is 45.8 Å². The Kier molecular flexibility index (Phi) is 6.94. The Bertz CT molecular complexity index is 324. The molecule has 0 radical (unpaired) electrons. The van der Waals surface area contributed by atoms with Crippen LogP contribution < -0.4 is 5.32 Å². The molecule has 0 saturated heterocycles. The Morgan fingerprint density at radius 2 is 1.94 bits per heavy atom. The van der Waals surface area contributed by atoms with Gasteiger partial charge in [-0.3, -0.25) is 0 Å². The van der Waals surface area contributed by atoms with Gasteiger partial charge in [0.25, 0.3) is 0 Å². The van der Waals surface area contributed by atoms with E-state index in [-0.39, 0.29) is 0 Å². The van der Waals surface area contributed by atoms with Crippen LogP contribution in [0.3, 0.4) is 0 Å². The van der Waals surface area contributed by atoms with Gasteiger partial charge in [0.05, 0.1) is 6.61 Å².